The number of amides is 2. The zero-order chi connectivity index (χ0) is 23.0. The van der Waals surface area contributed by atoms with E-state index >= 15 is 0 Å². The molecule has 0 aliphatic heterocycles. The van der Waals surface area contributed by atoms with E-state index in [0.717, 1.165) is 34.4 Å². The lowest BCUT2D eigenvalue weighted by molar-refractivity contribution is -0.120. The molecule has 33 heavy (non-hydrogen) atoms. The minimum atomic E-state index is -0.317. The van der Waals surface area contributed by atoms with Crippen molar-refractivity contribution in [3.8, 4) is 22.5 Å². The van der Waals surface area contributed by atoms with Gasteiger partial charge in [-0.2, -0.15) is 5.10 Å². The highest BCUT2D eigenvalue weighted by Crippen LogP contribution is 2.29. The Labute approximate surface area is 189 Å². The number of carbonyl (C=O) groups excluding carboxylic acids is 2. The van der Waals surface area contributed by atoms with Crippen molar-refractivity contribution in [3.63, 3.8) is 0 Å². The second kappa shape index (κ2) is 10.1. The number of hydrazone groups is 1. The lowest BCUT2D eigenvalue weighted by atomic mass is 10.1. The number of hydrogen-bond acceptors (Lipinski definition) is 6. The highest BCUT2D eigenvalue weighted by atomic mass is 16.5. The summed E-state index contributed by atoms with van der Waals surface area (Å²) in [4.78, 5) is 24.6. The van der Waals surface area contributed by atoms with E-state index in [1.165, 1.54) is 12.3 Å². The molecule has 0 bridgehead atoms. The van der Waals surface area contributed by atoms with Gasteiger partial charge in [0.05, 0.1) is 0 Å². The molecule has 4 rings (SSSR count). The number of benzene rings is 2. The molecular weight excluding hydrogens is 420 g/mol. The van der Waals surface area contributed by atoms with Crippen LogP contribution in [0, 0.1) is 0 Å². The van der Waals surface area contributed by atoms with Gasteiger partial charge in [-0.25, -0.2) is 0 Å². The van der Waals surface area contributed by atoms with Crippen molar-refractivity contribution in [2.24, 2.45) is 10.9 Å². The molecule has 0 atom stereocenters. The normalized spacial score (nSPS) is 10.9. The fourth-order valence-corrected chi connectivity index (χ4v) is 3.49. The standard InChI is InChI=1S/C24H22N6O3/c25-28-16-27-23(31)15-30-21(18-6-2-1-3-7-18)9-10-22(30)19-8-4-5-17(13-19)14-26-24(32)20-11-12-33-29-20/h1-13,16H,14-15,25H2,(H,26,32)(H,27,28,31). The smallest absolute Gasteiger partial charge is 0.273 e. The molecule has 0 spiro atoms. The van der Waals surface area contributed by atoms with E-state index < -0.39 is 0 Å². The minimum Gasteiger partial charge on any atom is -0.364 e. The van der Waals surface area contributed by atoms with Crippen LogP contribution in [0.3, 0.4) is 0 Å². The largest absolute Gasteiger partial charge is 0.364 e. The molecule has 0 unspecified atom stereocenters. The summed E-state index contributed by atoms with van der Waals surface area (Å²) in [6.45, 7) is 0.394. The van der Waals surface area contributed by atoms with Crippen LogP contribution in [0.15, 0.2) is 88.7 Å². The first-order chi connectivity index (χ1) is 16.2. The Hall–Kier alpha value is -4.66. The molecule has 9 nitrogen and oxygen atoms in total. The molecular formula is C24H22N6O3. The molecule has 4 N–H and O–H groups in total. The molecule has 166 valence electrons. The van der Waals surface area contributed by atoms with Crippen LogP contribution in [-0.2, 0) is 17.9 Å². The first kappa shape index (κ1) is 21.6. The van der Waals surface area contributed by atoms with Crippen LogP contribution in [0.2, 0.25) is 0 Å². The Balaban J connectivity index is 1.62. The molecule has 4 aromatic rings. The SMILES string of the molecule is N/N=C/NC(=O)Cn1c(-c2ccccc2)ccc1-c1cccc(CNC(=O)c2ccon2)c1. The number of nitrogens with two attached hydrogens (primary N) is 1. The third kappa shape index (κ3) is 5.16. The number of rotatable bonds is 8. The van der Waals surface area contributed by atoms with Gasteiger partial charge in [-0.3, -0.25) is 9.59 Å². The predicted octanol–water partition coefficient (Wildman–Crippen LogP) is 2.76. The lowest BCUT2D eigenvalue weighted by Gasteiger charge is -2.14. The first-order valence-corrected chi connectivity index (χ1v) is 10.2. The topological polar surface area (TPSA) is 128 Å². The highest BCUT2D eigenvalue weighted by Gasteiger charge is 2.15. The molecule has 2 heterocycles. The summed E-state index contributed by atoms with van der Waals surface area (Å²) in [5, 5.41) is 12.3. The molecule has 2 aromatic carbocycles. The van der Waals surface area contributed by atoms with Crippen LogP contribution in [0.1, 0.15) is 16.1 Å². The first-order valence-electron chi connectivity index (χ1n) is 10.2. The van der Waals surface area contributed by atoms with E-state index in [0.29, 0.717) is 6.54 Å². The Morgan fingerprint density at radius 2 is 1.76 bits per heavy atom. The van der Waals surface area contributed by atoms with Crippen molar-refractivity contribution in [2.75, 3.05) is 0 Å². The number of nitrogens with one attached hydrogen (secondary N) is 2. The summed E-state index contributed by atoms with van der Waals surface area (Å²) in [6.07, 6.45) is 2.51. The summed E-state index contributed by atoms with van der Waals surface area (Å²) < 4.78 is 6.64. The third-order valence-corrected chi connectivity index (χ3v) is 5.00. The van der Waals surface area contributed by atoms with Crippen LogP contribution in [0.5, 0.6) is 0 Å². The van der Waals surface area contributed by atoms with E-state index in [9.17, 15) is 9.59 Å². The molecule has 0 saturated carbocycles. The lowest BCUT2D eigenvalue weighted by Crippen LogP contribution is -2.27. The molecule has 2 aromatic heterocycles. The summed E-state index contributed by atoms with van der Waals surface area (Å²) in [5.74, 6) is 4.53. The van der Waals surface area contributed by atoms with E-state index in [1.54, 1.807) is 0 Å². The molecule has 9 heteroatoms. The predicted molar refractivity (Wildman–Crippen MR) is 124 cm³/mol. The van der Waals surface area contributed by atoms with Crippen molar-refractivity contribution in [1.82, 2.24) is 20.4 Å². The van der Waals surface area contributed by atoms with Crippen LogP contribution in [0.4, 0.5) is 0 Å². The fourth-order valence-electron chi connectivity index (χ4n) is 3.49. The second-order valence-corrected chi connectivity index (χ2v) is 7.17. The molecule has 0 saturated heterocycles. The Kier molecular flexibility index (Phi) is 6.60. The second-order valence-electron chi connectivity index (χ2n) is 7.17. The monoisotopic (exact) mass is 442 g/mol. The summed E-state index contributed by atoms with van der Waals surface area (Å²) in [7, 11) is 0. The molecule has 0 radical (unpaired) electrons. The van der Waals surface area contributed by atoms with Gasteiger partial charge in [-0.05, 0) is 34.9 Å². The number of aromatic nitrogens is 2. The van der Waals surface area contributed by atoms with Gasteiger partial charge in [0.25, 0.3) is 5.91 Å². The molecule has 0 fully saturated rings. The van der Waals surface area contributed by atoms with Crippen LogP contribution in [-0.4, -0.2) is 27.9 Å². The van der Waals surface area contributed by atoms with Gasteiger partial charge < -0.3 is 25.6 Å². The maximum absolute atomic E-state index is 12.5. The van der Waals surface area contributed by atoms with E-state index in [-0.39, 0.29) is 24.1 Å². The van der Waals surface area contributed by atoms with Crippen LogP contribution in [0.25, 0.3) is 22.5 Å². The fraction of sp³-hybridized carbons (Fsp3) is 0.0833. The minimum absolute atomic E-state index is 0.0751. The van der Waals surface area contributed by atoms with Crippen LogP contribution >= 0.6 is 0 Å². The van der Waals surface area contributed by atoms with Gasteiger partial charge in [0, 0.05) is 24.0 Å². The van der Waals surface area contributed by atoms with Gasteiger partial charge in [-0.15, -0.1) is 0 Å². The number of hydrogen-bond donors (Lipinski definition) is 3. The van der Waals surface area contributed by atoms with E-state index in [2.05, 4.69) is 20.9 Å². The van der Waals surface area contributed by atoms with Gasteiger partial charge in [-0.1, -0.05) is 53.7 Å². The zero-order valence-corrected chi connectivity index (χ0v) is 17.6. The third-order valence-electron chi connectivity index (χ3n) is 5.00. The van der Waals surface area contributed by atoms with E-state index in [1.807, 2.05) is 71.3 Å². The summed E-state index contributed by atoms with van der Waals surface area (Å²) >= 11 is 0. The van der Waals surface area contributed by atoms with Crippen molar-refractivity contribution in [3.05, 3.63) is 90.3 Å². The van der Waals surface area contributed by atoms with Crippen molar-refractivity contribution >= 4 is 18.2 Å². The average molecular weight is 442 g/mol. The zero-order valence-electron chi connectivity index (χ0n) is 17.6. The number of nitrogens with zero attached hydrogens (tertiary/aromatic N) is 3. The summed E-state index contributed by atoms with van der Waals surface area (Å²) in [6, 6.07) is 23.0. The molecule has 0 aliphatic rings. The van der Waals surface area contributed by atoms with Crippen molar-refractivity contribution in [2.45, 2.75) is 13.1 Å². The Morgan fingerprint density at radius 1 is 1.00 bits per heavy atom. The Bertz CT molecular complexity index is 1260. The number of carbonyl (C=O) groups is 2. The van der Waals surface area contributed by atoms with Crippen molar-refractivity contribution in [1.29, 1.82) is 0 Å². The summed E-state index contributed by atoms with van der Waals surface area (Å²) in [5.41, 5.74) is 4.77. The van der Waals surface area contributed by atoms with Crippen molar-refractivity contribution < 1.29 is 14.1 Å². The Morgan fingerprint density at radius 3 is 2.48 bits per heavy atom. The maximum atomic E-state index is 12.5. The molecule has 0 aliphatic carbocycles. The van der Waals surface area contributed by atoms with Gasteiger partial charge in [0.1, 0.15) is 19.1 Å². The maximum Gasteiger partial charge on any atom is 0.273 e. The van der Waals surface area contributed by atoms with Gasteiger partial charge >= 0.3 is 0 Å². The molecule has 2 amide bonds. The highest BCUT2D eigenvalue weighted by molar-refractivity contribution is 5.92. The van der Waals surface area contributed by atoms with Crippen LogP contribution < -0.4 is 16.5 Å². The average Bonchev–Trinajstić information content (AvgIpc) is 3.53. The quantitative estimate of drug-likeness (QED) is 0.167. The van der Waals surface area contributed by atoms with E-state index in [4.69, 9.17) is 10.4 Å². The van der Waals surface area contributed by atoms with Gasteiger partial charge in [0.15, 0.2) is 5.69 Å². The van der Waals surface area contributed by atoms with Gasteiger partial charge in [0.2, 0.25) is 5.91 Å².